The summed E-state index contributed by atoms with van der Waals surface area (Å²) in [5, 5.41) is 26.3. The molecule has 0 aliphatic carbocycles. The lowest BCUT2D eigenvalue weighted by atomic mass is 9.81. The zero-order chi connectivity index (χ0) is 17.6. The Kier molecular flexibility index (Phi) is 6.50. The quantitative estimate of drug-likeness (QED) is 0.529. The number of nitrogens with one attached hydrogen (secondary N) is 2. The summed E-state index contributed by atoms with van der Waals surface area (Å²) in [5.74, 6) is 0.0850. The van der Waals surface area contributed by atoms with Crippen LogP contribution in [0.5, 0.6) is 0 Å². The molecule has 128 valence electrons. The predicted octanol–water partition coefficient (Wildman–Crippen LogP) is 2.44. The van der Waals surface area contributed by atoms with E-state index in [9.17, 15) is 20.0 Å². The van der Waals surface area contributed by atoms with E-state index in [1.165, 1.54) is 6.07 Å². The number of rotatable bonds is 7. The first kappa shape index (κ1) is 18.9. The Morgan fingerprint density at radius 2 is 1.91 bits per heavy atom. The molecule has 1 rings (SSSR count). The maximum Gasteiger partial charge on any atom is 0.315 e. The van der Waals surface area contributed by atoms with Crippen LogP contribution in [-0.2, 0) is 6.54 Å². The van der Waals surface area contributed by atoms with Crippen LogP contribution < -0.4 is 10.6 Å². The number of hydrogen-bond acceptors (Lipinski definition) is 4. The third-order valence-corrected chi connectivity index (χ3v) is 3.76. The van der Waals surface area contributed by atoms with E-state index in [1.807, 2.05) is 27.7 Å². The molecule has 2 amide bonds. The molecule has 0 spiro atoms. The number of urea groups is 1. The summed E-state index contributed by atoms with van der Waals surface area (Å²) >= 11 is 0. The molecule has 1 aromatic rings. The first-order chi connectivity index (χ1) is 10.6. The Morgan fingerprint density at radius 3 is 2.48 bits per heavy atom. The molecule has 0 aliphatic rings. The SMILES string of the molecule is CC(C)C(O)C(C)(C)CNC(=O)NCc1ccccc1[N+](=O)[O-]. The van der Waals surface area contributed by atoms with Crippen molar-refractivity contribution in [1.82, 2.24) is 10.6 Å². The molecule has 0 fully saturated rings. The van der Waals surface area contributed by atoms with E-state index in [1.54, 1.807) is 18.2 Å². The van der Waals surface area contributed by atoms with Gasteiger partial charge in [-0.15, -0.1) is 0 Å². The highest BCUT2D eigenvalue weighted by Crippen LogP contribution is 2.25. The summed E-state index contributed by atoms with van der Waals surface area (Å²) in [6.45, 7) is 7.95. The van der Waals surface area contributed by atoms with Gasteiger partial charge in [0.25, 0.3) is 5.69 Å². The highest BCUT2D eigenvalue weighted by Gasteiger charge is 2.30. The van der Waals surface area contributed by atoms with Crippen LogP contribution in [0.15, 0.2) is 24.3 Å². The van der Waals surface area contributed by atoms with E-state index in [0.29, 0.717) is 12.1 Å². The summed E-state index contributed by atoms with van der Waals surface area (Å²) in [7, 11) is 0. The van der Waals surface area contributed by atoms with E-state index in [-0.39, 0.29) is 18.2 Å². The van der Waals surface area contributed by atoms with Crippen molar-refractivity contribution < 1.29 is 14.8 Å². The van der Waals surface area contributed by atoms with Crippen molar-refractivity contribution in [2.75, 3.05) is 6.54 Å². The third kappa shape index (κ3) is 5.52. The second-order valence-corrected chi connectivity index (χ2v) is 6.60. The maximum absolute atomic E-state index is 11.9. The van der Waals surface area contributed by atoms with Crippen molar-refractivity contribution in [2.24, 2.45) is 11.3 Å². The number of amides is 2. The van der Waals surface area contributed by atoms with Crippen LogP contribution in [0.25, 0.3) is 0 Å². The molecule has 3 N–H and O–H groups in total. The molecule has 23 heavy (non-hydrogen) atoms. The van der Waals surface area contributed by atoms with E-state index in [4.69, 9.17) is 0 Å². The van der Waals surface area contributed by atoms with Crippen LogP contribution in [-0.4, -0.2) is 28.7 Å². The van der Waals surface area contributed by atoms with Crippen molar-refractivity contribution >= 4 is 11.7 Å². The van der Waals surface area contributed by atoms with Gasteiger partial charge in [-0.25, -0.2) is 4.79 Å². The van der Waals surface area contributed by atoms with Crippen molar-refractivity contribution in [3.05, 3.63) is 39.9 Å². The zero-order valence-electron chi connectivity index (χ0n) is 14.0. The van der Waals surface area contributed by atoms with Crippen LogP contribution in [0.3, 0.4) is 0 Å². The Hall–Kier alpha value is -2.15. The highest BCUT2D eigenvalue weighted by molar-refractivity contribution is 5.74. The molecule has 7 nitrogen and oxygen atoms in total. The maximum atomic E-state index is 11.9. The standard InChI is InChI=1S/C16H25N3O4/c1-11(2)14(20)16(3,4)10-18-15(21)17-9-12-7-5-6-8-13(12)19(22)23/h5-8,11,14,20H,9-10H2,1-4H3,(H2,17,18,21). The monoisotopic (exact) mass is 323 g/mol. The number of nitro benzene ring substituents is 1. The molecule has 0 saturated carbocycles. The van der Waals surface area contributed by atoms with Gasteiger partial charge in [0, 0.05) is 23.6 Å². The number of aliphatic hydroxyl groups excluding tert-OH is 1. The molecule has 0 heterocycles. The number of carbonyl (C=O) groups is 1. The van der Waals surface area contributed by atoms with Crippen molar-refractivity contribution in [3.63, 3.8) is 0 Å². The Balaban J connectivity index is 2.54. The third-order valence-electron chi connectivity index (χ3n) is 3.76. The first-order valence-electron chi connectivity index (χ1n) is 7.57. The van der Waals surface area contributed by atoms with Gasteiger partial charge in [0.15, 0.2) is 0 Å². The van der Waals surface area contributed by atoms with Crippen LogP contribution in [0, 0.1) is 21.4 Å². The van der Waals surface area contributed by atoms with Gasteiger partial charge in [-0.1, -0.05) is 45.9 Å². The Morgan fingerprint density at radius 1 is 1.30 bits per heavy atom. The average molecular weight is 323 g/mol. The van der Waals surface area contributed by atoms with Crippen molar-refractivity contribution in [2.45, 2.75) is 40.3 Å². The summed E-state index contributed by atoms with van der Waals surface area (Å²) in [4.78, 5) is 22.3. The normalized spacial score (nSPS) is 12.8. The van der Waals surface area contributed by atoms with Gasteiger partial charge < -0.3 is 15.7 Å². The number of carbonyl (C=O) groups excluding carboxylic acids is 1. The minimum atomic E-state index is -0.544. The zero-order valence-corrected chi connectivity index (χ0v) is 14.0. The number of benzene rings is 1. The molecule has 0 aliphatic heterocycles. The van der Waals surface area contributed by atoms with E-state index in [2.05, 4.69) is 10.6 Å². The lowest BCUT2D eigenvalue weighted by Gasteiger charge is -2.33. The van der Waals surface area contributed by atoms with Crippen LogP contribution in [0.1, 0.15) is 33.3 Å². The molecule has 1 atom stereocenters. The Bertz CT molecular complexity index is 558. The van der Waals surface area contributed by atoms with Gasteiger partial charge in [-0.2, -0.15) is 0 Å². The number of nitro groups is 1. The van der Waals surface area contributed by atoms with E-state index >= 15 is 0 Å². The van der Waals surface area contributed by atoms with Crippen molar-refractivity contribution in [1.29, 1.82) is 0 Å². The summed E-state index contributed by atoms with van der Waals surface area (Å²) in [5.41, 5.74) is -0.0537. The fraction of sp³-hybridized carbons (Fsp3) is 0.562. The molecule has 1 unspecified atom stereocenters. The second kappa shape index (κ2) is 7.92. The summed E-state index contributed by atoms with van der Waals surface area (Å²) in [6.07, 6.45) is -0.544. The smallest absolute Gasteiger partial charge is 0.315 e. The number of aliphatic hydroxyl groups is 1. The van der Waals surface area contributed by atoms with Gasteiger partial charge in [0.2, 0.25) is 0 Å². The number of nitrogens with zero attached hydrogens (tertiary/aromatic N) is 1. The lowest BCUT2D eigenvalue weighted by molar-refractivity contribution is -0.385. The van der Waals surface area contributed by atoms with Crippen molar-refractivity contribution in [3.8, 4) is 0 Å². The van der Waals surface area contributed by atoms with Gasteiger partial charge in [0.05, 0.1) is 17.6 Å². The van der Waals surface area contributed by atoms with Gasteiger partial charge in [-0.05, 0) is 5.92 Å². The van der Waals surface area contributed by atoms with E-state index < -0.39 is 22.5 Å². The van der Waals surface area contributed by atoms with Gasteiger partial charge in [-0.3, -0.25) is 10.1 Å². The summed E-state index contributed by atoms with van der Waals surface area (Å²) < 4.78 is 0. The fourth-order valence-corrected chi connectivity index (χ4v) is 2.39. The molecule has 7 heteroatoms. The molecule has 0 aromatic heterocycles. The number of para-hydroxylation sites is 1. The molecule has 0 radical (unpaired) electrons. The highest BCUT2D eigenvalue weighted by atomic mass is 16.6. The first-order valence-corrected chi connectivity index (χ1v) is 7.57. The van der Waals surface area contributed by atoms with Crippen LogP contribution >= 0.6 is 0 Å². The topological polar surface area (TPSA) is 104 Å². The van der Waals surface area contributed by atoms with Crippen LogP contribution in [0.2, 0.25) is 0 Å². The molecule has 1 aromatic carbocycles. The lowest BCUT2D eigenvalue weighted by Crippen LogP contribution is -2.46. The molecular formula is C16H25N3O4. The average Bonchev–Trinajstić information content (AvgIpc) is 2.50. The molecule has 0 bridgehead atoms. The molecule has 0 saturated heterocycles. The number of hydrogen-bond donors (Lipinski definition) is 3. The largest absolute Gasteiger partial charge is 0.392 e. The minimum absolute atomic E-state index is 0.0247. The fourth-order valence-electron chi connectivity index (χ4n) is 2.39. The Labute approximate surface area is 136 Å². The van der Waals surface area contributed by atoms with Gasteiger partial charge in [0.1, 0.15) is 0 Å². The van der Waals surface area contributed by atoms with Gasteiger partial charge >= 0.3 is 6.03 Å². The minimum Gasteiger partial charge on any atom is -0.392 e. The van der Waals surface area contributed by atoms with E-state index in [0.717, 1.165) is 0 Å². The molecular weight excluding hydrogens is 298 g/mol. The predicted molar refractivity (Wildman–Crippen MR) is 88.0 cm³/mol. The summed E-state index contributed by atoms with van der Waals surface area (Å²) in [6, 6.07) is 5.84. The second-order valence-electron chi connectivity index (χ2n) is 6.60. The van der Waals surface area contributed by atoms with Crippen LogP contribution in [0.4, 0.5) is 10.5 Å².